The van der Waals surface area contributed by atoms with E-state index in [0.717, 1.165) is 25.7 Å². The van der Waals surface area contributed by atoms with Crippen molar-refractivity contribution in [2.45, 2.75) is 44.9 Å². The molecule has 2 nitrogen and oxygen atoms in total. The van der Waals surface area contributed by atoms with E-state index in [4.69, 9.17) is 10.2 Å². The van der Waals surface area contributed by atoms with Crippen LogP contribution in [0.4, 0.5) is 0 Å². The Morgan fingerprint density at radius 1 is 0.500 bits per heavy atom. The van der Waals surface area contributed by atoms with Crippen molar-refractivity contribution in [2.75, 3.05) is 13.2 Å². The Morgan fingerprint density at radius 2 is 0.750 bits per heavy atom. The second-order valence-electron chi connectivity index (χ2n) is 2.92. The fourth-order valence-corrected chi connectivity index (χ4v) is 1.11. The Hall–Kier alpha value is 0.270. The summed E-state index contributed by atoms with van der Waals surface area (Å²) in [6, 6.07) is 0. The van der Waals surface area contributed by atoms with Crippen molar-refractivity contribution in [3.63, 3.8) is 0 Å². The summed E-state index contributed by atoms with van der Waals surface area (Å²) in [7, 11) is 0. The van der Waals surface area contributed by atoms with Crippen molar-refractivity contribution in [1.82, 2.24) is 0 Å². The molecule has 0 rings (SSSR count). The van der Waals surface area contributed by atoms with Crippen LogP contribution in [0.3, 0.4) is 0 Å². The van der Waals surface area contributed by atoms with Crippen LogP contribution in [0.15, 0.2) is 0 Å². The average molecular weight is 194 g/mol. The van der Waals surface area contributed by atoms with Gasteiger partial charge in [-0.2, -0.15) is 13.5 Å². The molecule has 0 aliphatic rings. The molecule has 76 valence electrons. The third kappa shape index (κ3) is 12.9. The lowest BCUT2D eigenvalue weighted by molar-refractivity contribution is 0.278. The molecule has 0 radical (unpaired) electrons. The minimum Gasteiger partial charge on any atom is -0.396 e. The molecular weight excluding hydrogens is 172 g/mol. The second-order valence-corrected chi connectivity index (χ2v) is 2.92. The number of unbranched alkanes of at least 4 members (excludes halogenated alkanes) is 6. The zero-order chi connectivity index (χ0) is 8.36. The summed E-state index contributed by atoms with van der Waals surface area (Å²) in [6.45, 7) is 0.660. The first-order valence-corrected chi connectivity index (χ1v) is 4.63. The van der Waals surface area contributed by atoms with Gasteiger partial charge in [0.1, 0.15) is 0 Å². The standard InChI is InChI=1S/C9H20O2.H2S/c10-8-6-4-2-1-3-5-7-9-11;/h10-11H,1-9H2;1H2. The van der Waals surface area contributed by atoms with E-state index in [1.54, 1.807) is 0 Å². The van der Waals surface area contributed by atoms with Crippen LogP contribution in [-0.4, -0.2) is 23.4 Å². The molecule has 0 heterocycles. The SMILES string of the molecule is OCCCCCCCCCO.S. The number of hydrogen-bond donors (Lipinski definition) is 2. The van der Waals surface area contributed by atoms with Gasteiger partial charge in [0, 0.05) is 13.2 Å². The molecule has 0 bridgehead atoms. The van der Waals surface area contributed by atoms with E-state index < -0.39 is 0 Å². The number of rotatable bonds is 8. The van der Waals surface area contributed by atoms with Crippen molar-refractivity contribution in [3.8, 4) is 0 Å². The Morgan fingerprint density at radius 3 is 1.00 bits per heavy atom. The molecule has 0 aromatic heterocycles. The molecule has 0 fully saturated rings. The predicted molar refractivity (Wildman–Crippen MR) is 56.9 cm³/mol. The Kier molecular flexibility index (Phi) is 17.0. The fraction of sp³-hybridized carbons (Fsp3) is 1.00. The van der Waals surface area contributed by atoms with E-state index in [1.165, 1.54) is 19.3 Å². The van der Waals surface area contributed by atoms with Crippen molar-refractivity contribution >= 4 is 13.5 Å². The normalized spacial score (nSPS) is 9.50. The molecule has 0 aliphatic heterocycles. The zero-order valence-electron chi connectivity index (χ0n) is 7.76. The van der Waals surface area contributed by atoms with Crippen LogP contribution in [0, 0.1) is 0 Å². The van der Waals surface area contributed by atoms with E-state index in [0.29, 0.717) is 13.2 Å². The van der Waals surface area contributed by atoms with Gasteiger partial charge in [-0.25, -0.2) is 0 Å². The minimum atomic E-state index is 0. The maximum absolute atomic E-state index is 8.47. The molecule has 0 saturated carbocycles. The summed E-state index contributed by atoms with van der Waals surface area (Å²) in [5.74, 6) is 0. The van der Waals surface area contributed by atoms with Gasteiger partial charge in [-0.05, 0) is 12.8 Å². The quantitative estimate of drug-likeness (QED) is 0.579. The van der Waals surface area contributed by atoms with Crippen LogP contribution in [0.25, 0.3) is 0 Å². The molecule has 0 amide bonds. The molecular formula is C9H22O2S. The van der Waals surface area contributed by atoms with Gasteiger partial charge in [0.15, 0.2) is 0 Å². The molecule has 0 aromatic carbocycles. The first-order chi connectivity index (χ1) is 5.41. The van der Waals surface area contributed by atoms with E-state index in [1.807, 2.05) is 0 Å². The molecule has 0 unspecified atom stereocenters. The van der Waals surface area contributed by atoms with Crippen molar-refractivity contribution in [2.24, 2.45) is 0 Å². The van der Waals surface area contributed by atoms with Crippen molar-refractivity contribution < 1.29 is 10.2 Å². The molecule has 12 heavy (non-hydrogen) atoms. The maximum Gasteiger partial charge on any atom is 0.0431 e. The molecule has 3 heteroatoms. The van der Waals surface area contributed by atoms with Crippen LogP contribution in [-0.2, 0) is 0 Å². The highest BCUT2D eigenvalue weighted by molar-refractivity contribution is 7.59. The van der Waals surface area contributed by atoms with Crippen LogP contribution in [0.5, 0.6) is 0 Å². The largest absolute Gasteiger partial charge is 0.396 e. The van der Waals surface area contributed by atoms with Gasteiger partial charge >= 0.3 is 0 Å². The van der Waals surface area contributed by atoms with Crippen LogP contribution in [0.1, 0.15) is 44.9 Å². The average Bonchev–Trinajstić information content (AvgIpc) is 2.03. The number of aliphatic hydroxyl groups excluding tert-OH is 2. The molecule has 0 aromatic rings. The van der Waals surface area contributed by atoms with Gasteiger partial charge in [0.25, 0.3) is 0 Å². The van der Waals surface area contributed by atoms with Crippen molar-refractivity contribution in [3.05, 3.63) is 0 Å². The summed E-state index contributed by atoms with van der Waals surface area (Å²) in [6.07, 6.45) is 7.89. The minimum absolute atomic E-state index is 0. The Labute approximate surface area is 82.4 Å². The molecule has 2 N–H and O–H groups in total. The van der Waals surface area contributed by atoms with Crippen LogP contribution in [0.2, 0.25) is 0 Å². The van der Waals surface area contributed by atoms with Gasteiger partial charge in [-0.1, -0.05) is 32.1 Å². The predicted octanol–water partition coefficient (Wildman–Crippen LogP) is 1.81. The zero-order valence-corrected chi connectivity index (χ0v) is 8.76. The highest BCUT2D eigenvalue weighted by Gasteiger charge is 1.89. The third-order valence-electron chi connectivity index (χ3n) is 1.82. The van der Waals surface area contributed by atoms with Crippen molar-refractivity contribution in [1.29, 1.82) is 0 Å². The van der Waals surface area contributed by atoms with Crippen LogP contribution >= 0.6 is 13.5 Å². The lowest BCUT2D eigenvalue weighted by atomic mass is 10.1. The Bertz CT molecular complexity index is 61.5. The summed E-state index contributed by atoms with van der Waals surface area (Å²) >= 11 is 0. The highest BCUT2D eigenvalue weighted by Crippen LogP contribution is 2.06. The summed E-state index contributed by atoms with van der Waals surface area (Å²) in [5, 5.41) is 16.9. The van der Waals surface area contributed by atoms with Crippen LogP contribution < -0.4 is 0 Å². The van der Waals surface area contributed by atoms with Gasteiger partial charge < -0.3 is 10.2 Å². The van der Waals surface area contributed by atoms with E-state index >= 15 is 0 Å². The van der Waals surface area contributed by atoms with E-state index in [2.05, 4.69) is 0 Å². The Balaban J connectivity index is 0. The monoisotopic (exact) mass is 194 g/mol. The number of aliphatic hydroxyl groups is 2. The molecule has 0 aliphatic carbocycles. The van der Waals surface area contributed by atoms with Gasteiger partial charge in [-0.15, -0.1) is 0 Å². The molecule has 0 saturated heterocycles. The smallest absolute Gasteiger partial charge is 0.0431 e. The van der Waals surface area contributed by atoms with E-state index in [-0.39, 0.29) is 13.5 Å². The topological polar surface area (TPSA) is 40.5 Å². The van der Waals surface area contributed by atoms with E-state index in [9.17, 15) is 0 Å². The maximum atomic E-state index is 8.47. The third-order valence-corrected chi connectivity index (χ3v) is 1.82. The molecule has 0 spiro atoms. The first kappa shape index (κ1) is 14.8. The molecule has 0 atom stereocenters. The second kappa shape index (κ2) is 13.8. The first-order valence-electron chi connectivity index (χ1n) is 4.63. The van der Waals surface area contributed by atoms with Gasteiger partial charge in [0.05, 0.1) is 0 Å². The summed E-state index contributed by atoms with van der Waals surface area (Å²) in [4.78, 5) is 0. The number of hydrogen-bond acceptors (Lipinski definition) is 2. The summed E-state index contributed by atoms with van der Waals surface area (Å²) in [5.41, 5.74) is 0. The summed E-state index contributed by atoms with van der Waals surface area (Å²) < 4.78 is 0. The lowest BCUT2D eigenvalue weighted by Crippen LogP contribution is -1.85. The highest BCUT2D eigenvalue weighted by atomic mass is 32.1. The lowest BCUT2D eigenvalue weighted by Gasteiger charge is -1.98. The fourth-order valence-electron chi connectivity index (χ4n) is 1.11. The van der Waals surface area contributed by atoms with Gasteiger partial charge in [-0.3, -0.25) is 0 Å². The van der Waals surface area contributed by atoms with Gasteiger partial charge in [0.2, 0.25) is 0 Å².